The highest BCUT2D eigenvalue weighted by Crippen LogP contribution is 2.35. The van der Waals surface area contributed by atoms with Gasteiger partial charge in [-0.05, 0) is 51.1 Å². The van der Waals surface area contributed by atoms with Crippen molar-refractivity contribution in [3.8, 4) is 28.4 Å². The molecule has 1 unspecified atom stereocenters. The highest BCUT2D eigenvalue weighted by Gasteiger charge is 2.29. The molecule has 7 heteroatoms. The number of carbonyl (C=O) groups is 1. The van der Waals surface area contributed by atoms with Gasteiger partial charge in [-0.25, -0.2) is 4.68 Å². The molecule has 0 bridgehead atoms. The molecular formula is C25H30N4O3. The van der Waals surface area contributed by atoms with E-state index >= 15 is 0 Å². The molecule has 0 radical (unpaired) electrons. The standard InChI is InChI=1S/C25H30N4O3/c1-17(28(2)18-10-11-18)15-26-25(30)22-16-29(19-8-6-5-7-9-19)27-24(22)21-13-12-20(31-3)14-23(21)32-4/h5-9,12-14,16-18H,10-11,15H2,1-4H3,(H,26,30). The maximum Gasteiger partial charge on any atom is 0.255 e. The Kier molecular flexibility index (Phi) is 6.46. The summed E-state index contributed by atoms with van der Waals surface area (Å²) in [4.78, 5) is 15.6. The van der Waals surface area contributed by atoms with Crippen LogP contribution in [0.3, 0.4) is 0 Å². The molecule has 0 spiro atoms. The van der Waals surface area contributed by atoms with Gasteiger partial charge in [-0.2, -0.15) is 5.10 Å². The number of hydrogen-bond acceptors (Lipinski definition) is 5. The van der Waals surface area contributed by atoms with E-state index in [4.69, 9.17) is 14.6 Å². The summed E-state index contributed by atoms with van der Waals surface area (Å²) in [6.45, 7) is 2.71. The van der Waals surface area contributed by atoms with Gasteiger partial charge in [0.25, 0.3) is 5.91 Å². The first-order chi connectivity index (χ1) is 15.5. The summed E-state index contributed by atoms with van der Waals surface area (Å²) in [7, 11) is 5.33. The molecule has 1 aliphatic carbocycles. The summed E-state index contributed by atoms with van der Waals surface area (Å²) < 4.78 is 12.6. The van der Waals surface area contributed by atoms with Crippen molar-refractivity contribution >= 4 is 5.91 Å². The number of likely N-dealkylation sites (N-methyl/N-ethyl adjacent to an activating group) is 1. The highest BCUT2D eigenvalue weighted by molar-refractivity contribution is 6.00. The van der Waals surface area contributed by atoms with Crippen molar-refractivity contribution in [3.63, 3.8) is 0 Å². The lowest BCUT2D eigenvalue weighted by molar-refractivity contribution is 0.0940. The maximum absolute atomic E-state index is 13.3. The van der Waals surface area contributed by atoms with E-state index in [1.54, 1.807) is 31.2 Å². The summed E-state index contributed by atoms with van der Waals surface area (Å²) in [5, 5.41) is 7.86. The van der Waals surface area contributed by atoms with Gasteiger partial charge in [0, 0.05) is 36.5 Å². The Morgan fingerprint density at radius 3 is 2.59 bits per heavy atom. The number of para-hydroxylation sites is 1. The summed E-state index contributed by atoms with van der Waals surface area (Å²) in [5.41, 5.74) is 2.67. The molecule has 0 aliphatic heterocycles. The normalized spacial score (nSPS) is 14.3. The molecule has 1 fully saturated rings. The Balaban J connectivity index is 1.67. The molecule has 1 heterocycles. The molecule has 0 saturated heterocycles. The minimum atomic E-state index is -0.156. The van der Waals surface area contributed by atoms with E-state index in [0.29, 0.717) is 35.3 Å². The number of carbonyl (C=O) groups excluding carboxylic acids is 1. The number of benzene rings is 2. The van der Waals surface area contributed by atoms with Crippen LogP contribution >= 0.6 is 0 Å². The molecule has 32 heavy (non-hydrogen) atoms. The molecule has 1 saturated carbocycles. The smallest absolute Gasteiger partial charge is 0.255 e. The van der Waals surface area contributed by atoms with Gasteiger partial charge in [-0.1, -0.05) is 18.2 Å². The van der Waals surface area contributed by atoms with Crippen LogP contribution in [-0.4, -0.2) is 60.5 Å². The Bertz CT molecular complexity index is 1080. The number of nitrogens with one attached hydrogen (secondary N) is 1. The van der Waals surface area contributed by atoms with E-state index in [1.807, 2.05) is 42.5 Å². The molecule has 1 atom stereocenters. The minimum Gasteiger partial charge on any atom is -0.497 e. The number of nitrogens with zero attached hydrogens (tertiary/aromatic N) is 3. The lowest BCUT2D eigenvalue weighted by Crippen LogP contribution is -2.41. The zero-order valence-corrected chi connectivity index (χ0v) is 19.0. The van der Waals surface area contributed by atoms with E-state index in [0.717, 1.165) is 11.3 Å². The number of aromatic nitrogens is 2. The fourth-order valence-electron chi connectivity index (χ4n) is 3.77. The van der Waals surface area contributed by atoms with E-state index in [2.05, 4.69) is 24.2 Å². The second-order valence-electron chi connectivity index (χ2n) is 8.19. The van der Waals surface area contributed by atoms with E-state index < -0.39 is 0 Å². The Labute approximate surface area is 188 Å². The molecule has 1 aliphatic rings. The second-order valence-corrected chi connectivity index (χ2v) is 8.19. The SMILES string of the molecule is COc1ccc(-c2nn(-c3ccccc3)cc2C(=O)NCC(C)N(C)C2CC2)c(OC)c1. The number of ether oxygens (including phenoxy) is 2. The molecule has 168 valence electrons. The third-order valence-corrected chi connectivity index (χ3v) is 6.02. The van der Waals surface area contributed by atoms with Crippen molar-refractivity contribution in [1.82, 2.24) is 20.0 Å². The van der Waals surface area contributed by atoms with Crippen LogP contribution in [0.4, 0.5) is 0 Å². The fourth-order valence-corrected chi connectivity index (χ4v) is 3.77. The lowest BCUT2D eigenvalue weighted by atomic mass is 10.1. The van der Waals surface area contributed by atoms with Gasteiger partial charge < -0.3 is 14.8 Å². The Hall–Kier alpha value is -3.32. The highest BCUT2D eigenvalue weighted by atomic mass is 16.5. The minimum absolute atomic E-state index is 0.156. The van der Waals surface area contributed by atoms with Crippen LogP contribution < -0.4 is 14.8 Å². The molecule has 1 aromatic heterocycles. The van der Waals surface area contributed by atoms with Crippen LogP contribution in [0.15, 0.2) is 54.7 Å². The number of methoxy groups -OCH3 is 2. The first-order valence-corrected chi connectivity index (χ1v) is 10.9. The topological polar surface area (TPSA) is 68.6 Å². The predicted molar refractivity (Wildman–Crippen MR) is 125 cm³/mol. The molecule has 3 aromatic rings. The third-order valence-electron chi connectivity index (χ3n) is 6.02. The molecular weight excluding hydrogens is 404 g/mol. The van der Waals surface area contributed by atoms with Crippen molar-refractivity contribution in [2.24, 2.45) is 0 Å². The summed E-state index contributed by atoms with van der Waals surface area (Å²) >= 11 is 0. The first-order valence-electron chi connectivity index (χ1n) is 10.9. The van der Waals surface area contributed by atoms with Crippen molar-refractivity contribution < 1.29 is 14.3 Å². The van der Waals surface area contributed by atoms with E-state index in [1.165, 1.54) is 12.8 Å². The average Bonchev–Trinajstić information content (AvgIpc) is 3.59. The van der Waals surface area contributed by atoms with Gasteiger partial charge in [-0.15, -0.1) is 0 Å². The summed E-state index contributed by atoms with van der Waals surface area (Å²) in [5.74, 6) is 1.12. The van der Waals surface area contributed by atoms with E-state index in [9.17, 15) is 4.79 Å². The third kappa shape index (κ3) is 4.62. The van der Waals surface area contributed by atoms with Crippen LogP contribution in [0.2, 0.25) is 0 Å². The van der Waals surface area contributed by atoms with Crippen LogP contribution in [0.1, 0.15) is 30.1 Å². The first kappa shape index (κ1) is 21.9. The second kappa shape index (κ2) is 9.44. The van der Waals surface area contributed by atoms with Gasteiger partial charge >= 0.3 is 0 Å². The molecule has 2 aromatic carbocycles. The van der Waals surface area contributed by atoms with Gasteiger partial charge in [0.2, 0.25) is 0 Å². The Morgan fingerprint density at radius 1 is 1.19 bits per heavy atom. The number of amides is 1. The largest absolute Gasteiger partial charge is 0.497 e. The van der Waals surface area contributed by atoms with Crippen molar-refractivity contribution in [3.05, 3.63) is 60.3 Å². The summed E-state index contributed by atoms with van der Waals surface area (Å²) in [6, 6.07) is 16.2. The number of rotatable bonds is 9. The quantitative estimate of drug-likeness (QED) is 0.555. The van der Waals surface area contributed by atoms with Crippen LogP contribution in [-0.2, 0) is 0 Å². The fraction of sp³-hybridized carbons (Fsp3) is 0.360. The van der Waals surface area contributed by atoms with Gasteiger partial charge in [0.1, 0.15) is 17.2 Å². The molecule has 7 nitrogen and oxygen atoms in total. The van der Waals surface area contributed by atoms with Crippen molar-refractivity contribution in [1.29, 1.82) is 0 Å². The maximum atomic E-state index is 13.3. The van der Waals surface area contributed by atoms with Crippen LogP contribution in [0, 0.1) is 0 Å². The lowest BCUT2D eigenvalue weighted by Gasteiger charge is -2.24. The van der Waals surface area contributed by atoms with Crippen molar-refractivity contribution in [2.75, 3.05) is 27.8 Å². The Morgan fingerprint density at radius 2 is 1.94 bits per heavy atom. The zero-order valence-electron chi connectivity index (χ0n) is 19.0. The van der Waals surface area contributed by atoms with Crippen LogP contribution in [0.5, 0.6) is 11.5 Å². The van der Waals surface area contributed by atoms with E-state index in [-0.39, 0.29) is 11.9 Å². The predicted octanol–water partition coefficient (Wildman–Crippen LogP) is 3.77. The monoisotopic (exact) mass is 434 g/mol. The molecule has 1 amide bonds. The van der Waals surface area contributed by atoms with Crippen LogP contribution in [0.25, 0.3) is 16.9 Å². The molecule has 1 N–H and O–H groups in total. The number of hydrogen-bond donors (Lipinski definition) is 1. The zero-order chi connectivity index (χ0) is 22.7. The average molecular weight is 435 g/mol. The summed E-state index contributed by atoms with van der Waals surface area (Å²) in [6.07, 6.45) is 4.25. The van der Waals surface area contributed by atoms with Crippen molar-refractivity contribution in [2.45, 2.75) is 31.8 Å². The van der Waals surface area contributed by atoms with Gasteiger partial charge in [0.05, 0.1) is 25.5 Å². The molecule has 4 rings (SSSR count). The van der Waals surface area contributed by atoms with Gasteiger partial charge in [-0.3, -0.25) is 9.69 Å². The van der Waals surface area contributed by atoms with Gasteiger partial charge in [0.15, 0.2) is 0 Å².